The summed E-state index contributed by atoms with van der Waals surface area (Å²) in [5.41, 5.74) is 5.44. The minimum atomic E-state index is -0.886. The molecule has 0 spiro atoms. The number of aliphatic carboxylic acids is 1. The van der Waals surface area contributed by atoms with Crippen LogP contribution in [0.2, 0.25) is 0 Å². The van der Waals surface area contributed by atoms with Crippen molar-refractivity contribution in [3.05, 3.63) is 0 Å². The summed E-state index contributed by atoms with van der Waals surface area (Å²) in [6.45, 7) is 0.870. The van der Waals surface area contributed by atoms with Crippen LogP contribution in [-0.4, -0.2) is 41.0 Å². The van der Waals surface area contributed by atoms with Crippen molar-refractivity contribution in [2.75, 3.05) is 13.1 Å². The molecule has 5 nitrogen and oxygen atoms in total. The average molecular weight is 172 g/mol. The molecule has 0 aliphatic carbocycles. The SMILES string of the molecule is N[C@H]1CCN(CCC(=O)O)C1=O. The summed E-state index contributed by atoms with van der Waals surface area (Å²) < 4.78 is 0. The predicted octanol–water partition coefficient (Wildman–Crippen LogP) is -0.979. The van der Waals surface area contributed by atoms with Gasteiger partial charge < -0.3 is 15.7 Å². The zero-order valence-electron chi connectivity index (χ0n) is 6.69. The number of hydrogen-bond acceptors (Lipinski definition) is 3. The quantitative estimate of drug-likeness (QED) is 0.573. The molecule has 1 aliphatic heterocycles. The fourth-order valence-electron chi connectivity index (χ4n) is 1.22. The van der Waals surface area contributed by atoms with E-state index in [1.54, 1.807) is 0 Å². The number of carboxylic acid groups (broad SMARTS) is 1. The molecular weight excluding hydrogens is 160 g/mol. The van der Waals surface area contributed by atoms with Crippen molar-refractivity contribution in [2.45, 2.75) is 18.9 Å². The molecule has 12 heavy (non-hydrogen) atoms. The second kappa shape index (κ2) is 3.53. The number of amides is 1. The van der Waals surface area contributed by atoms with Gasteiger partial charge in [-0.15, -0.1) is 0 Å². The van der Waals surface area contributed by atoms with Gasteiger partial charge in [0.2, 0.25) is 5.91 Å². The fourth-order valence-corrected chi connectivity index (χ4v) is 1.22. The number of carboxylic acids is 1. The monoisotopic (exact) mass is 172 g/mol. The summed E-state index contributed by atoms with van der Waals surface area (Å²) in [7, 11) is 0. The first kappa shape index (κ1) is 8.99. The van der Waals surface area contributed by atoms with Gasteiger partial charge in [-0.1, -0.05) is 0 Å². The van der Waals surface area contributed by atoms with Crippen LogP contribution in [0.4, 0.5) is 0 Å². The van der Waals surface area contributed by atoms with Crippen LogP contribution in [0.15, 0.2) is 0 Å². The number of likely N-dealkylation sites (tertiary alicyclic amines) is 1. The Balaban J connectivity index is 2.34. The van der Waals surface area contributed by atoms with Gasteiger partial charge in [0, 0.05) is 13.1 Å². The third-order valence-electron chi connectivity index (χ3n) is 1.93. The molecule has 1 amide bonds. The minimum absolute atomic E-state index is 0.00153. The van der Waals surface area contributed by atoms with Gasteiger partial charge in [0.05, 0.1) is 12.5 Å². The van der Waals surface area contributed by atoms with E-state index in [0.717, 1.165) is 0 Å². The van der Waals surface area contributed by atoms with Gasteiger partial charge in [-0.2, -0.15) is 0 Å². The largest absolute Gasteiger partial charge is 0.481 e. The summed E-state index contributed by atoms with van der Waals surface area (Å²) in [6, 6.07) is -0.418. The van der Waals surface area contributed by atoms with Gasteiger partial charge in [-0.3, -0.25) is 9.59 Å². The molecule has 5 heteroatoms. The van der Waals surface area contributed by atoms with E-state index in [0.29, 0.717) is 13.0 Å². The first-order valence-corrected chi connectivity index (χ1v) is 3.87. The molecule has 1 atom stereocenters. The number of rotatable bonds is 3. The van der Waals surface area contributed by atoms with Crippen LogP contribution >= 0.6 is 0 Å². The molecule has 3 N–H and O–H groups in total. The van der Waals surface area contributed by atoms with Gasteiger partial charge in [0.15, 0.2) is 0 Å². The van der Waals surface area contributed by atoms with Gasteiger partial charge in [-0.25, -0.2) is 0 Å². The lowest BCUT2D eigenvalue weighted by Gasteiger charge is -2.13. The Labute approximate surface area is 70.1 Å². The first-order chi connectivity index (χ1) is 5.61. The molecule has 0 aromatic carbocycles. The molecular formula is C7H12N2O3. The molecule has 1 saturated heterocycles. The zero-order valence-corrected chi connectivity index (χ0v) is 6.69. The maximum Gasteiger partial charge on any atom is 0.305 e. The molecule has 0 unspecified atom stereocenters. The van der Waals surface area contributed by atoms with Crippen LogP contribution in [0.5, 0.6) is 0 Å². The molecule has 1 heterocycles. The van der Waals surface area contributed by atoms with Crippen molar-refractivity contribution in [2.24, 2.45) is 5.73 Å². The summed E-state index contributed by atoms with van der Waals surface area (Å²) in [5, 5.41) is 8.36. The van der Waals surface area contributed by atoms with Crippen LogP contribution in [0.25, 0.3) is 0 Å². The first-order valence-electron chi connectivity index (χ1n) is 3.87. The molecule has 68 valence electrons. The summed E-state index contributed by atoms with van der Waals surface area (Å²) in [5.74, 6) is -1.01. The van der Waals surface area contributed by atoms with E-state index in [-0.39, 0.29) is 18.9 Å². The lowest BCUT2D eigenvalue weighted by atomic mass is 10.3. The standard InChI is InChI=1S/C7H12N2O3/c8-5-1-3-9(7(5)12)4-2-6(10)11/h5H,1-4,8H2,(H,10,11)/t5-/m0/s1. The second-order valence-electron chi connectivity index (χ2n) is 2.86. The average Bonchev–Trinajstić information content (AvgIpc) is 2.30. The van der Waals surface area contributed by atoms with Gasteiger partial charge in [0.1, 0.15) is 0 Å². The van der Waals surface area contributed by atoms with Crippen LogP contribution < -0.4 is 5.73 Å². The number of nitrogens with zero attached hydrogens (tertiary/aromatic N) is 1. The van der Waals surface area contributed by atoms with Crippen molar-refractivity contribution in [3.8, 4) is 0 Å². The van der Waals surface area contributed by atoms with Gasteiger partial charge in [0.25, 0.3) is 0 Å². The van der Waals surface area contributed by atoms with E-state index in [4.69, 9.17) is 10.8 Å². The van der Waals surface area contributed by atoms with Gasteiger partial charge >= 0.3 is 5.97 Å². The Hall–Kier alpha value is -1.10. The van der Waals surface area contributed by atoms with Crippen molar-refractivity contribution < 1.29 is 14.7 Å². The topological polar surface area (TPSA) is 83.6 Å². The molecule has 1 fully saturated rings. The number of carbonyl (C=O) groups is 2. The van der Waals surface area contributed by atoms with E-state index in [1.807, 2.05) is 0 Å². The van der Waals surface area contributed by atoms with Crippen molar-refractivity contribution >= 4 is 11.9 Å². The van der Waals surface area contributed by atoms with Crippen LogP contribution in [0.1, 0.15) is 12.8 Å². The van der Waals surface area contributed by atoms with Crippen LogP contribution in [0, 0.1) is 0 Å². The van der Waals surface area contributed by atoms with Crippen molar-refractivity contribution in [1.29, 1.82) is 0 Å². The Morgan fingerprint density at radius 1 is 1.75 bits per heavy atom. The summed E-state index contributed by atoms with van der Waals surface area (Å²) >= 11 is 0. The fraction of sp³-hybridized carbons (Fsp3) is 0.714. The Bertz CT molecular complexity index is 205. The smallest absolute Gasteiger partial charge is 0.305 e. The summed E-state index contributed by atoms with van der Waals surface area (Å²) in [6.07, 6.45) is 0.636. The highest BCUT2D eigenvalue weighted by Gasteiger charge is 2.28. The molecule has 0 saturated carbocycles. The van der Waals surface area contributed by atoms with Crippen LogP contribution in [-0.2, 0) is 9.59 Å². The van der Waals surface area contributed by atoms with E-state index < -0.39 is 12.0 Å². The number of hydrogen-bond donors (Lipinski definition) is 2. The van der Waals surface area contributed by atoms with Crippen molar-refractivity contribution in [1.82, 2.24) is 4.90 Å². The highest BCUT2D eigenvalue weighted by Crippen LogP contribution is 2.08. The lowest BCUT2D eigenvalue weighted by molar-refractivity contribution is -0.138. The summed E-state index contributed by atoms with van der Waals surface area (Å²) in [4.78, 5) is 22.8. The molecule has 1 aliphatic rings. The predicted molar refractivity (Wildman–Crippen MR) is 41.4 cm³/mol. The second-order valence-corrected chi connectivity index (χ2v) is 2.86. The Morgan fingerprint density at radius 3 is 2.83 bits per heavy atom. The highest BCUT2D eigenvalue weighted by atomic mass is 16.4. The van der Waals surface area contributed by atoms with E-state index in [9.17, 15) is 9.59 Å². The van der Waals surface area contributed by atoms with Crippen molar-refractivity contribution in [3.63, 3.8) is 0 Å². The third kappa shape index (κ3) is 1.94. The maximum atomic E-state index is 11.1. The molecule has 1 rings (SSSR count). The molecule has 0 radical (unpaired) electrons. The van der Waals surface area contributed by atoms with E-state index in [1.165, 1.54) is 4.90 Å². The normalized spacial score (nSPS) is 23.2. The molecule has 0 aromatic rings. The highest BCUT2D eigenvalue weighted by molar-refractivity contribution is 5.84. The van der Waals surface area contributed by atoms with E-state index in [2.05, 4.69) is 0 Å². The Morgan fingerprint density at radius 2 is 2.42 bits per heavy atom. The number of nitrogens with two attached hydrogens (primary N) is 1. The van der Waals surface area contributed by atoms with Gasteiger partial charge in [-0.05, 0) is 6.42 Å². The Kier molecular flexibility index (Phi) is 2.65. The zero-order chi connectivity index (χ0) is 9.14. The molecule has 0 bridgehead atoms. The number of carbonyl (C=O) groups excluding carboxylic acids is 1. The van der Waals surface area contributed by atoms with Crippen LogP contribution in [0.3, 0.4) is 0 Å². The minimum Gasteiger partial charge on any atom is -0.481 e. The lowest BCUT2D eigenvalue weighted by Crippen LogP contribution is -2.35. The molecule has 0 aromatic heterocycles. The van der Waals surface area contributed by atoms with E-state index >= 15 is 0 Å². The maximum absolute atomic E-state index is 11.1. The third-order valence-corrected chi connectivity index (χ3v) is 1.93.